The number of hydrogen-bond acceptors (Lipinski definition) is 1. The predicted octanol–water partition coefficient (Wildman–Crippen LogP) is 3.81. The van der Waals surface area contributed by atoms with E-state index in [9.17, 15) is 30.7 Å². The molecular weight excluding hydrogens is 228 g/mol. The van der Waals surface area contributed by atoms with Gasteiger partial charge in [-0.05, 0) is 0 Å². The summed E-state index contributed by atoms with van der Waals surface area (Å²) in [5.74, 6) is 0. The van der Waals surface area contributed by atoms with Gasteiger partial charge in [-0.1, -0.05) is 6.58 Å². The third-order valence-electron chi connectivity index (χ3n) is 0.360. The maximum Gasteiger partial charge on any atom is 0.572 e. The highest BCUT2D eigenvalue weighted by atomic mass is 19.4. The maximum atomic E-state index is 10.8. The van der Waals surface area contributed by atoms with E-state index in [0.29, 0.717) is 6.26 Å². The van der Waals surface area contributed by atoms with Gasteiger partial charge < -0.3 is 4.74 Å². The highest BCUT2D eigenvalue weighted by Gasteiger charge is 2.28. The monoisotopic (exact) mass is 232 g/mol. The van der Waals surface area contributed by atoms with Crippen LogP contribution in [0.25, 0.3) is 0 Å². The van der Waals surface area contributed by atoms with Crippen LogP contribution in [0.3, 0.4) is 0 Å². The van der Waals surface area contributed by atoms with Crippen molar-refractivity contribution in [2.45, 2.75) is 6.36 Å². The molecule has 0 saturated carbocycles. The third kappa shape index (κ3) is 22.4. The van der Waals surface area contributed by atoms with Crippen LogP contribution in [-0.2, 0) is 4.74 Å². The van der Waals surface area contributed by atoms with Crippen LogP contribution < -0.4 is 0 Å². The Morgan fingerprint density at radius 2 is 1.29 bits per heavy atom. The van der Waals surface area contributed by atoms with Crippen molar-refractivity contribution in [2.75, 3.05) is 0 Å². The summed E-state index contributed by atoms with van der Waals surface area (Å²) in [6.45, 7) is 2.70. The summed E-state index contributed by atoms with van der Waals surface area (Å²) in [5, 5.41) is 0. The van der Waals surface area contributed by atoms with Crippen molar-refractivity contribution >= 4 is 0 Å². The molecule has 86 valence electrons. The van der Waals surface area contributed by atoms with Gasteiger partial charge in [-0.2, -0.15) is 17.6 Å². The van der Waals surface area contributed by atoms with Crippen LogP contribution in [0.5, 0.6) is 0 Å². The summed E-state index contributed by atoms with van der Waals surface area (Å²) in [6.07, 6.45) is -10.0. The van der Waals surface area contributed by atoms with E-state index in [1.165, 1.54) is 0 Å². The Labute approximate surface area is 72.8 Å². The third-order valence-corrected chi connectivity index (χ3v) is 0.360. The van der Waals surface area contributed by atoms with Crippen molar-refractivity contribution in [3.05, 3.63) is 25.0 Å². The van der Waals surface area contributed by atoms with Gasteiger partial charge in [0.25, 0.3) is 0 Å². The lowest BCUT2D eigenvalue weighted by molar-refractivity contribution is -0.297. The van der Waals surface area contributed by atoms with E-state index in [0.717, 1.165) is 0 Å². The molecule has 0 aliphatic carbocycles. The van der Waals surface area contributed by atoms with Gasteiger partial charge in [0.15, 0.2) is 0 Å². The van der Waals surface area contributed by atoms with Crippen LogP contribution in [0.2, 0.25) is 0 Å². The lowest BCUT2D eigenvalue weighted by Gasteiger charge is -2.00. The number of ether oxygens (including phenoxy) is 1. The summed E-state index contributed by atoms with van der Waals surface area (Å²) < 4.78 is 76.4. The highest BCUT2D eigenvalue weighted by molar-refractivity contribution is 4.77. The molecule has 0 rings (SSSR count). The minimum atomic E-state index is -4.57. The van der Waals surface area contributed by atoms with Crippen molar-refractivity contribution in [1.82, 2.24) is 0 Å². The second-order valence-electron chi connectivity index (χ2n) is 1.25. The van der Waals surface area contributed by atoms with Crippen molar-refractivity contribution in [3.63, 3.8) is 0 Å². The standard InChI is InChI=1S/C3H3F3O.C2F4.FH/c1-2-7-3(4,5)6;3-1(4)2(5)6;/h2H,1H2;;1H. The molecule has 0 N–H and O–H groups in total. The molecule has 0 heterocycles. The first-order valence-corrected chi connectivity index (χ1v) is 2.42. The highest BCUT2D eigenvalue weighted by Crippen LogP contribution is 2.15. The molecular formula is C5H4F8O. The zero-order valence-corrected chi connectivity index (χ0v) is 6.25. The van der Waals surface area contributed by atoms with Gasteiger partial charge in [0.2, 0.25) is 0 Å². The largest absolute Gasteiger partial charge is 0.572 e. The number of alkyl halides is 3. The zero-order chi connectivity index (χ0) is 11.1. The molecule has 0 atom stereocenters. The van der Waals surface area contributed by atoms with Gasteiger partial charge in [0.1, 0.15) is 0 Å². The Kier molecular flexibility index (Phi) is 11.0. The van der Waals surface area contributed by atoms with E-state index in [-0.39, 0.29) is 4.70 Å². The molecule has 14 heavy (non-hydrogen) atoms. The minimum absolute atomic E-state index is 0. The van der Waals surface area contributed by atoms with E-state index in [2.05, 4.69) is 11.3 Å². The molecule has 0 aliphatic heterocycles. The average molecular weight is 232 g/mol. The van der Waals surface area contributed by atoms with E-state index in [1.807, 2.05) is 0 Å². The molecule has 0 fully saturated rings. The molecule has 0 unspecified atom stereocenters. The van der Waals surface area contributed by atoms with Gasteiger partial charge >= 0.3 is 18.5 Å². The first-order valence-electron chi connectivity index (χ1n) is 2.42. The van der Waals surface area contributed by atoms with Gasteiger partial charge in [-0.15, -0.1) is 13.2 Å². The quantitative estimate of drug-likeness (QED) is 0.493. The molecule has 0 spiro atoms. The fourth-order valence-electron chi connectivity index (χ4n) is 0.0945. The Morgan fingerprint density at radius 3 is 1.29 bits per heavy atom. The van der Waals surface area contributed by atoms with E-state index in [4.69, 9.17) is 0 Å². The topological polar surface area (TPSA) is 9.23 Å². The van der Waals surface area contributed by atoms with E-state index >= 15 is 0 Å². The van der Waals surface area contributed by atoms with Crippen molar-refractivity contribution in [3.8, 4) is 0 Å². The van der Waals surface area contributed by atoms with Crippen molar-refractivity contribution in [1.29, 1.82) is 0 Å². The van der Waals surface area contributed by atoms with Crippen LogP contribution in [-0.4, -0.2) is 6.36 Å². The van der Waals surface area contributed by atoms with Crippen molar-refractivity contribution in [2.24, 2.45) is 0 Å². The van der Waals surface area contributed by atoms with Crippen LogP contribution >= 0.6 is 0 Å². The second kappa shape index (κ2) is 8.32. The summed E-state index contributed by atoms with van der Waals surface area (Å²) in [7, 11) is 0. The summed E-state index contributed by atoms with van der Waals surface area (Å²) in [5.41, 5.74) is 0. The lowest BCUT2D eigenvalue weighted by atomic mass is 11.1. The molecule has 0 amide bonds. The molecule has 0 radical (unpaired) electrons. The normalized spacial score (nSPS) is 8.79. The van der Waals surface area contributed by atoms with Gasteiger partial charge in [-0.3, -0.25) is 4.70 Å². The number of halogens is 8. The fraction of sp³-hybridized carbons (Fsp3) is 0.200. The fourth-order valence-corrected chi connectivity index (χ4v) is 0.0945. The van der Waals surface area contributed by atoms with Crippen LogP contribution in [0.15, 0.2) is 25.0 Å². The van der Waals surface area contributed by atoms with Gasteiger partial charge in [0.05, 0.1) is 6.26 Å². The molecule has 0 aliphatic rings. The number of rotatable bonds is 1. The van der Waals surface area contributed by atoms with Crippen LogP contribution in [0.4, 0.5) is 35.4 Å². The Balaban J connectivity index is -0.000000163. The Bertz CT molecular complexity index is 165. The SMILES string of the molecule is C=COC(F)(F)F.F.FC(F)=C(F)F. The minimum Gasteiger partial charge on any atom is -0.414 e. The zero-order valence-electron chi connectivity index (χ0n) is 6.25. The number of hydrogen-bond donors (Lipinski definition) is 0. The molecule has 0 aromatic rings. The summed E-state index contributed by atoms with van der Waals surface area (Å²) in [6, 6.07) is 0. The van der Waals surface area contributed by atoms with E-state index in [1.54, 1.807) is 0 Å². The first kappa shape index (κ1) is 18.5. The lowest BCUT2D eigenvalue weighted by Crippen LogP contribution is -2.07. The van der Waals surface area contributed by atoms with Crippen molar-refractivity contribution < 1.29 is 40.2 Å². The maximum absolute atomic E-state index is 10.8. The molecule has 0 saturated heterocycles. The molecule has 0 aromatic carbocycles. The van der Waals surface area contributed by atoms with Crippen LogP contribution in [0.1, 0.15) is 0 Å². The average Bonchev–Trinajstić information content (AvgIpc) is 1.85. The molecule has 1 nitrogen and oxygen atoms in total. The van der Waals surface area contributed by atoms with Gasteiger partial charge in [0, 0.05) is 0 Å². The first-order chi connectivity index (χ1) is 5.70. The second-order valence-corrected chi connectivity index (χ2v) is 1.25. The van der Waals surface area contributed by atoms with E-state index < -0.39 is 18.5 Å². The molecule has 9 heteroatoms. The summed E-state index contributed by atoms with van der Waals surface area (Å²) in [4.78, 5) is 0. The Hall–Kier alpha value is -1.28. The van der Waals surface area contributed by atoms with Gasteiger partial charge in [-0.25, -0.2) is 0 Å². The van der Waals surface area contributed by atoms with Crippen LogP contribution in [0, 0.1) is 0 Å². The Morgan fingerprint density at radius 1 is 1.00 bits per heavy atom. The predicted molar refractivity (Wildman–Crippen MR) is 31.3 cm³/mol. The molecule has 0 bridgehead atoms. The summed E-state index contributed by atoms with van der Waals surface area (Å²) >= 11 is 0. The smallest absolute Gasteiger partial charge is 0.414 e. The molecule has 0 aromatic heterocycles.